The lowest BCUT2D eigenvalue weighted by molar-refractivity contribution is -0.125. The molecule has 0 aromatic heterocycles. The van der Waals surface area contributed by atoms with Crippen molar-refractivity contribution in [3.63, 3.8) is 0 Å². The maximum atomic E-state index is 12.1. The summed E-state index contributed by atoms with van der Waals surface area (Å²) in [5.41, 5.74) is 1.77. The van der Waals surface area contributed by atoms with Crippen LogP contribution in [-0.2, 0) is 4.79 Å². The SMILES string of the molecule is C=C(C)C[C@@H](C)C(=O)NCC1([C@@H](O)c2ccccc2)CC1. The third-order valence-corrected chi connectivity index (χ3v) is 4.30. The summed E-state index contributed by atoms with van der Waals surface area (Å²) < 4.78 is 0. The van der Waals surface area contributed by atoms with Crippen molar-refractivity contribution in [1.82, 2.24) is 5.32 Å². The van der Waals surface area contributed by atoms with Crippen LogP contribution in [0.5, 0.6) is 0 Å². The lowest BCUT2D eigenvalue weighted by Gasteiger charge is -2.24. The highest BCUT2D eigenvalue weighted by Gasteiger charge is 2.49. The Balaban J connectivity index is 1.90. The normalized spacial score (nSPS) is 18.6. The van der Waals surface area contributed by atoms with E-state index in [1.807, 2.05) is 44.2 Å². The first kappa shape index (κ1) is 15.8. The molecule has 2 rings (SSSR count). The minimum atomic E-state index is -0.504. The van der Waals surface area contributed by atoms with Crippen molar-refractivity contribution in [2.75, 3.05) is 6.54 Å². The standard InChI is InChI=1S/C18H25NO2/c1-13(2)11-14(3)17(21)19-12-18(9-10-18)16(20)15-7-5-4-6-8-15/h4-8,14,16,20H,1,9-12H2,2-3H3,(H,19,21)/t14-,16+/m1/s1. The van der Waals surface area contributed by atoms with Crippen LogP contribution >= 0.6 is 0 Å². The first-order valence-electron chi connectivity index (χ1n) is 7.60. The Morgan fingerprint density at radius 2 is 2.00 bits per heavy atom. The predicted molar refractivity (Wildman–Crippen MR) is 84.7 cm³/mol. The van der Waals surface area contributed by atoms with Crippen LogP contribution in [0.1, 0.15) is 44.8 Å². The van der Waals surface area contributed by atoms with E-state index in [-0.39, 0.29) is 17.2 Å². The van der Waals surface area contributed by atoms with Crippen molar-refractivity contribution in [3.05, 3.63) is 48.0 Å². The maximum Gasteiger partial charge on any atom is 0.223 e. The Bertz CT molecular complexity index is 505. The number of aliphatic hydroxyl groups is 1. The average molecular weight is 287 g/mol. The van der Waals surface area contributed by atoms with Crippen LogP contribution in [0.2, 0.25) is 0 Å². The van der Waals surface area contributed by atoms with Gasteiger partial charge in [0, 0.05) is 17.9 Å². The minimum Gasteiger partial charge on any atom is -0.388 e. The Kier molecular flexibility index (Phi) is 4.84. The van der Waals surface area contributed by atoms with Gasteiger partial charge in [0.2, 0.25) is 5.91 Å². The van der Waals surface area contributed by atoms with Crippen LogP contribution in [0.25, 0.3) is 0 Å². The molecule has 1 aromatic rings. The van der Waals surface area contributed by atoms with Crippen molar-refractivity contribution in [1.29, 1.82) is 0 Å². The van der Waals surface area contributed by atoms with E-state index < -0.39 is 6.10 Å². The van der Waals surface area contributed by atoms with Crippen molar-refractivity contribution < 1.29 is 9.90 Å². The van der Waals surface area contributed by atoms with E-state index in [4.69, 9.17) is 0 Å². The minimum absolute atomic E-state index is 0.0459. The van der Waals surface area contributed by atoms with Gasteiger partial charge in [-0.05, 0) is 31.7 Å². The fourth-order valence-corrected chi connectivity index (χ4v) is 2.75. The number of amides is 1. The van der Waals surface area contributed by atoms with Crippen molar-refractivity contribution in [3.8, 4) is 0 Å². The molecule has 1 saturated carbocycles. The molecule has 3 nitrogen and oxygen atoms in total. The van der Waals surface area contributed by atoms with Gasteiger partial charge in [0.15, 0.2) is 0 Å². The molecule has 1 aliphatic carbocycles. The van der Waals surface area contributed by atoms with E-state index in [1.165, 1.54) is 0 Å². The zero-order valence-corrected chi connectivity index (χ0v) is 12.9. The van der Waals surface area contributed by atoms with Crippen LogP contribution in [0.3, 0.4) is 0 Å². The molecule has 1 aliphatic rings. The largest absolute Gasteiger partial charge is 0.388 e. The molecule has 0 heterocycles. The molecule has 3 heteroatoms. The van der Waals surface area contributed by atoms with Gasteiger partial charge in [-0.1, -0.05) is 42.8 Å². The summed E-state index contributed by atoms with van der Waals surface area (Å²) in [6, 6.07) is 9.69. The molecule has 1 aromatic carbocycles. The molecule has 0 unspecified atom stereocenters. The molecule has 0 saturated heterocycles. The van der Waals surface area contributed by atoms with E-state index in [0.717, 1.165) is 24.0 Å². The van der Waals surface area contributed by atoms with Gasteiger partial charge in [-0.25, -0.2) is 0 Å². The summed E-state index contributed by atoms with van der Waals surface area (Å²) in [5.74, 6) is -0.0169. The summed E-state index contributed by atoms with van der Waals surface area (Å²) in [5, 5.41) is 13.5. The third kappa shape index (κ3) is 3.94. The Morgan fingerprint density at radius 3 is 2.52 bits per heavy atom. The van der Waals surface area contributed by atoms with E-state index in [0.29, 0.717) is 13.0 Å². The summed E-state index contributed by atoms with van der Waals surface area (Å²) in [6.07, 6.45) is 2.12. The number of allylic oxidation sites excluding steroid dienone is 1. The quantitative estimate of drug-likeness (QED) is 0.757. The van der Waals surface area contributed by atoms with Gasteiger partial charge in [0.05, 0.1) is 6.10 Å². The van der Waals surface area contributed by atoms with Crippen LogP contribution in [0, 0.1) is 11.3 Å². The Morgan fingerprint density at radius 1 is 1.38 bits per heavy atom. The summed E-state index contributed by atoms with van der Waals surface area (Å²) in [7, 11) is 0. The molecule has 1 amide bonds. The van der Waals surface area contributed by atoms with Crippen LogP contribution in [0.15, 0.2) is 42.5 Å². The van der Waals surface area contributed by atoms with Gasteiger partial charge in [0.25, 0.3) is 0 Å². The molecule has 0 spiro atoms. The van der Waals surface area contributed by atoms with Gasteiger partial charge >= 0.3 is 0 Å². The van der Waals surface area contributed by atoms with Gasteiger partial charge in [-0.3, -0.25) is 4.79 Å². The second kappa shape index (κ2) is 6.44. The number of carbonyl (C=O) groups is 1. The maximum absolute atomic E-state index is 12.1. The van der Waals surface area contributed by atoms with Gasteiger partial charge in [-0.15, -0.1) is 6.58 Å². The lowest BCUT2D eigenvalue weighted by atomic mass is 9.92. The molecule has 2 atom stereocenters. The molecular formula is C18H25NO2. The molecule has 114 valence electrons. The Hall–Kier alpha value is -1.61. The van der Waals surface area contributed by atoms with Gasteiger partial charge in [0.1, 0.15) is 0 Å². The molecule has 0 bridgehead atoms. The highest BCUT2D eigenvalue weighted by atomic mass is 16.3. The van der Waals surface area contributed by atoms with Crippen molar-refractivity contribution >= 4 is 5.91 Å². The van der Waals surface area contributed by atoms with E-state index in [2.05, 4.69) is 11.9 Å². The van der Waals surface area contributed by atoms with Crippen molar-refractivity contribution in [2.24, 2.45) is 11.3 Å². The summed E-state index contributed by atoms with van der Waals surface area (Å²) >= 11 is 0. The second-order valence-corrected chi connectivity index (χ2v) is 6.46. The summed E-state index contributed by atoms with van der Waals surface area (Å²) in [6.45, 7) is 8.24. The lowest BCUT2D eigenvalue weighted by Crippen LogP contribution is -2.36. The third-order valence-electron chi connectivity index (χ3n) is 4.30. The van der Waals surface area contributed by atoms with Crippen molar-refractivity contribution in [2.45, 2.75) is 39.2 Å². The monoisotopic (exact) mass is 287 g/mol. The molecular weight excluding hydrogens is 262 g/mol. The zero-order valence-electron chi connectivity index (χ0n) is 12.9. The van der Waals surface area contributed by atoms with Gasteiger partial charge < -0.3 is 10.4 Å². The predicted octanol–water partition coefficient (Wildman–Crippen LogP) is 3.22. The molecule has 21 heavy (non-hydrogen) atoms. The number of hydrogen-bond acceptors (Lipinski definition) is 2. The zero-order chi connectivity index (χ0) is 15.5. The van der Waals surface area contributed by atoms with E-state index in [9.17, 15) is 9.90 Å². The number of benzene rings is 1. The molecule has 1 fully saturated rings. The van der Waals surface area contributed by atoms with Gasteiger partial charge in [-0.2, -0.15) is 0 Å². The number of nitrogens with one attached hydrogen (secondary N) is 1. The molecule has 2 N–H and O–H groups in total. The highest BCUT2D eigenvalue weighted by Crippen LogP contribution is 2.54. The Labute approximate surface area is 127 Å². The first-order valence-corrected chi connectivity index (χ1v) is 7.60. The van der Waals surface area contributed by atoms with E-state index >= 15 is 0 Å². The topological polar surface area (TPSA) is 49.3 Å². The van der Waals surface area contributed by atoms with Crippen LogP contribution in [0.4, 0.5) is 0 Å². The fourth-order valence-electron chi connectivity index (χ4n) is 2.75. The van der Waals surface area contributed by atoms with E-state index in [1.54, 1.807) is 0 Å². The number of aliphatic hydroxyl groups excluding tert-OH is 1. The number of rotatable bonds is 7. The second-order valence-electron chi connectivity index (χ2n) is 6.46. The molecule has 0 radical (unpaired) electrons. The molecule has 0 aliphatic heterocycles. The average Bonchev–Trinajstić information content (AvgIpc) is 3.25. The number of hydrogen-bond donors (Lipinski definition) is 2. The van der Waals surface area contributed by atoms with Crippen LogP contribution < -0.4 is 5.32 Å². The smallest absolute Gasteiger partial charge is 0.223 e. The fraction of sp³-hybridized carbons (Fsp3) is 0.500. The van der Waals surface area contributed by atoms with Crippen LogP contribution in [-0.4, -0.2) is 17.6 Å². The summed E-state index contributed by atoms with van der Waals surface area (Å²) in [4.78, 5) is 12.1. The first-order chi connectivity index (χ1) is 9.94. The highest BCUT2D eigenvalue weighted by molar-refractivity contribution is 5.78. The number of carbonyl (C=O) groups excluding carboxylic acids is 1.